The first-order chi connectivity index (χ1) is 13.7. The number of carbonyl (C=O) groups excluding carboxylic acids is 1. The number of carbonyl (C=O) groups is 1. The van der Waals surface area contributed by atoms with Crippen LogP contribution < -0.4 is 5.32 Å². The van der Waals surface area contributed by atoms with Crippen molar-refractivity contribution in [2.75, 3.05) is 19.4 Å². The van der Waals surface area contributed by atoms with Crippen molar-refractivity contribution in [3.63, 3.8) is 0 Å². The number of rotatable bonds is 4. The van der Waals surface area contributed by atoms with E-state index in [4.69, 9.17) is 0 Å². The largest absolute Gasteiger partial charge is 0.373 e. The molecule has 0 spiro atoms. The Kier molecular flexibility index (Phi) is 5.06. The van der Waals surface area contributed by atoms with Crippen LogP contribution in [0.25, 0.3) is 11.4 Å². The highest BCUT2D eigenvalue weighted by Crippen LogP contribution is 2.34. The van der Waals surface area contributed by atoms with Gasteiger partial charge in [-0.2, -0.15) is 0 Å². The van der Waals surface area contributed by atoms with Gasteiger partial charge in [0.1, 0.15) is 5.82 Å². The summed E-state index contributed by atoms with van der Waals surface area (Å²) in [5, 5.41) is 3.01. The number of nitrogens with one attached hydrogen (secondary N) is 1. The van der Waals surface area contributed by atoms with Crippen LogP contribution in [0.1, 0.15) is 40.4 Å². The maximum absolute atomic E-state index is 13.1. The Balaban J connectivity index is 1.55. The molecule has 28 heavy (non-hydrogen) atoms. The SMILES string of the molecule is CNc1ccnc(-c2ccc(C(=O)N(C)[C@@H]3CCCc4ccccc43)cc2)n1. The predicted molar refractivity (Wildman–Crippen MR) is 111 cm³/mol. The molecule has 1 amide bonds. The number of hydrogen-bond acceptors (Lipinski definition) is 4. The Morgan fingerprint density at radius 1 is 1.11 bits per heavy atom. The van der Waals surface area contributed by atoms with E-state index in [0.29, 0.717) is 11.4 Å². The summed E-state index contributed by atoms with van der Waals surface area (Å²) in [5.41, 5.74) is 4.20. The molecule has 5 nitrogen and oxygen atoms in total. The van der Waals surface area contributed by atoms with Crippen LogP contribution in [0.3, 0.4) is 0 Å². The lowest BCUT2D eigenvalue weighted by Crippen LogP contribution is -2.33. The highest BCUT2D eigenvalue weighted by atomic mass is 16.2. The fourth-order valence-corrected chi connectivity index (χ4v) is 3.87. The average Bonchev–Trinajstić information content (AvgIpc) is 2.78. The summed E-state index contributed by atoms with van der Waals surface area (Å²) in [5.74, 6) is 1.44. The van der Waals surface area contributed by atoms with E-state index in [1.54, 1.807) is 6.20 Å². The molecule has 0 radical (unpaired) electrons. The van der Waals surface area contributed by atoms with Crippen molar-refractivity contribution in [3.8, 4) is 11.4 Å². The number of benzene rings is 2. The van der Waals surface area contributed by atoms with Crippen molar-refractivity contribution in [1.82, 2.24) is 14.9 Å². The van der Waals surface area contributed by atoms with Crippen LogP contribution in [0.5, 0.6) is 0 Å². The molecule has 0 saturated heterocycles. The van der Waals surface area contributed by atoms with Gasteiger partial charge >= 0.3 is 0 Å². The van der Waals surface area contributed by atoms with Gasteiger partial charge in [-0.1, -0.05) is 36.4 Å². The standard InChI is InChI=1S/C23H24N4O/c1-24-21-14-15-25-22(26-21)17-10-12-18(13-11-17)23(28)27(2)20-9-5-7-16-6-3-4-8-19(16)20/h3-4,6,8,10-15,20H,5,7,9H2,1-2H3,(H,24,25,26)/t20-/m1/s1. The number of amides is 1. The summed E-state index contributed by atoms with van der Waals surface area (Å²) in [6.07, 6.45) is 4.93. The Morgan fingerprint density at radius 3 is 2.68 bits per heavy atom. The molecule has 0 aliphatic heterocycles. The Morgan fingerprint density at radius 2 is 1.89 bits per heavy atom. The van der Waals surface area contributed by atoms with Gasteiger partial charge in [0.05, 0.1) is 6.04 Å². The van der Waals surface area contributed by atoms with Crippen LogP contribution in [0.15, 0.2) is 60.8 Å². The maximum Gasteiger partial charge on any atom is 0.254 e. The lowest BCUT2D eigenvalue weighted by atomic mass is 9.87. The summed E-state index contributed by atoms with van der Waals surface area (Å²) in [6.45, 7) is 0. The monoisotopic (exact) mass is 372 g/mol. The summed E-state index contributed by atoms with van der Waals surface area (Å²) in [4.78, 5) is 23.7. The maximum atomic E-state index is 13.1. The minimum atomic E-state index is 0.0400. The van der Waals surface area contributed by atoms with Gasteiger partial charge < -0.3 is 10.2 Å². The molecule has 142 valence electrons. The van der Waals surface area contributed by atoms with Crippen LogP contribution in [-0.2, 0) is 6.42 Å². The summed E-state index contributed by atoms with van der Waals surface area (Å²) < 4.78 is 0. The van der Waals surface area contributed by atoms with E-state index in [1.807, 2.05) is 49.3 Å². The molecule has 0 bridgehead atoms. The molecule has 5 heteroatoms. The number of nitrogens with zero attached hydrogens (tertiary/aromatic N) is 3. The Hall–Kier alpha value is -3.21. The highest BCUT2D eigenvalue weighted by Gasteiger charge is 2.27. The lowest BCUT2D eigenvalue weighted by molar-refractivity contribution is 0.0715. The Bertz CT molecular complexity index is 984. The summed E-state index contributed by atoms with van der Waals surface area (Å²) in [6, 6.07) is 17.9. The van der Waals surface area contributed by atoms with Gasteiger partial charge in [0.25, 0.3) is 5.91 Å². The second kappa shape index (κ2) is 7.80. The number of aryl methyl sites for hydroxylation is 1. The third-order valence-electron chi connectivity index (χ3n) is 5.43. The molecule has 1 N–H and O–H groups in total. The average molecular weight is 372 g/mol. The second-order valence-electron chi connectivity index (χ2n) is 7.12. The number of aromatic nitrogens is 2. The quantitative estimate of drug-likeness (QED) is 0.740. The van der Waals surface area contributed by atoms with Gasteiger partial charge in [-0.3, -0.25) is 4.79 Å². The molecule has 4 rings (SSSR count). The van der Waals surface area contributed by atoms with Crippen LogP contribution in [0.4, 0.5) is 5.82 Å². The zero-order valence-electron chi connectivity index (χ0n) is 16.2. The molecule has 0 unspecified atom stereocenters. The fraction of sp³-hybridized carbons (Fsp3) is 0.261. The van der Waals surface area contributed by atoms with Crippen LogP contribution in [0, 0.1) is 0 Å². The zero-order valence-corrected chi connectivity index (χ0v) is 16.2. The van der Waals surface area contributed by atoms with Gasteiger partial charge in [0, 0.05) is 31.4 Å². The minimum Gasteiger partial charge on any atom is -0.373 e. The molecular formula is C23H24N4O. The molecule has 0 saturated carbocycles. The molecule has 1 aliphatic carbocycles. The van der Waals surface area contributed by atoms with E-state index < -0.39 is 0 Å². The summed E-state index contributed by atoms with van der Waals surface area (Å²) in [7, 11) is 3.73. The van der Waals surface area contributed by atoms with Crippen LogP contribution in [0.2, 0.25) is 0 Å². The smallest absolute Gasteiger partial charge is 0.254 e. The molecule has 3 aromatic rings. The van der Waals surface area contributed by atoms with Gasteiger partial charge in [0.15, 0.2) is 5.82 Å². The third kappa shape index (κ3) is 3.48. The fourth-order valence-electron chi connectivity index (χ4n) is 3.87. The second-order valence-corrected chi connectivity index (χ2v) is 7.12. The molecule has 1 heterocycles. The Labute approximate surface area is 165 Å². The molecule has 0 fully saturated rings. The molecule has 1 aromatic heterocycles. The normalized spacial score (nSPS) is 15.6. The number of anilines is 1. The van der Waals surface area contributed by atoms with Crippen molar-refractivity contribution in [2.24, 2.45) is 0 Å². The molecule has 2 aromatic carbocycles. The van der Waals surface area contributed by atoms with Crippen molar-refractivity contribution in [3.05, 3.63) is 77.5 Å². The summed E-state index contributed by atoms with van der Waals surface area (Å²) >= 11 is 0. The van der Waals surface area contributed by atoms with Crippen molar-refractivity contribution in [2.45, 2.75) is 25.3 Å². The van der Waals surface area contributed by atoms with Gasteiger partial charge in [-0.15, -0.1) is 0 Å². The number of hydrogen-bond donors (Lipinski definition) is 1. The molecular weight excluding hydrogens is 348 g/mol. The van der Waals surface area contributed by atoms with Crippen molar-refractivity contribution in [1.29, 1.82) is 0 Å². The van der Waals surface area contributed by atoms with E-state index in [9.17, 15) is 4.79 Å². The number of fused-ring (bicyclic) bond motifs is 1. The van der Waals surface area contributed by atoms with Gasteiger partial charge in [0.2, 0.25) is 0 Å². The lowest BCUT2D eigenvalue weighted by Gasteiger charge is -2.33. The minimum absolute atomic E-state index is 0.0400. The highest BCUT2D eigenvalue weighted by molar-refractivity contribution is 5.94. The molecule has 1 atom stereocenters. The predicted octanol–water partition coefficient (Wildman–Crippen LogP) is 4.33. The first kappa shape index (κ1) is 18.2. The zero-order chi connectivity index (χ0) is 19.5. The van der Waals surface area contributed by atoms with Crippen LogP contribution in [-0.4, -0.2) is 34.9 Å². The van der Waals surface area contributed by atoms with E-state index >= 15 is 0 Å². The third-order valence-corrected chi connectivity index (χ3v) is 5.43. The molecule has 1 aliphatic rings. The first-order valence-corrected chi connectivity index (χ1v) is 9.63. The van der Waals surface area contributed by atoms with E-state index in [2.05, 4.69) is 39.6 Å². The topological polar surface area (TPSA) is 58.1 Å². The first-order valence-electron chi connectivity index (χ1n) is 9.63. The van der Waals surface area contributed by atoms with Gasteiger partial charge in [-0.05, 0) is 48.6 Å². The van der Waals surface area contributed by atoms with Crippen molar-refractivity contribution < 1.29 is 4.79 Å². The van der Waals surface area contributed by atoms with Crippen molar-refractivity contribution >= 4 is 11.7 Å². The van der Waals surface area contributed by atoms with Gasteiger partial charge in [-0.25, -0.2) is 9.97 Å². The van der Waals surface area contributed by atoms with E-state index in [1.165, 1.54) is 11.1 Å². The van der Waals surface area contributed by atoms with Crippen LogP contribution >= 0.6 is 0 Å². The van der Waals surface area contributed by atoms with E-state index in [-0.39, 0.29) is 11.9 Å². The van der Waals surface area contributed by atoms with E-state index in [0.717, 1.165) is 30.6 Å².